The first-order chi connectivity index (χ1) is 9.59. The highest BCUT2D eigenvalue weighted by Crippen LogP contribution is 2.32. The van der Waals surface area contributed by atoms with E-state index in [1.54, 1.807) is 28.6 Å². The van der Waals surface area contributed by atoms with Crippen LogP contribution in [-0.4, -0.2) is 38.0 Å². The minimum absolute atomic E-state index is 0.0156. The lowest BCUT2D eigenvalue weighted by Crippen LogP contribution is -2.54. The molecule has 0 N–H and O–H groups in total. The lowest BCUT2D eigenvalue weighted by Gasteiger charge is -2.42. The largest absolute Gasteiger partial charge is 0.375 e. The predicted octanol–water partition coefficient (Wildman–Crippen LogP) is 2.67. The second-order valence-corrected chi connectivity index (χ2v) is 7.66. The first kappa shape index (κ1) is 14.3. The molecule has 1 aromatic rings. The number of hydrogen-bond acceptors (Lipinski definition) is 3. The highest BCUT2D eigenvalue weighted by molar-refractivity contribution is 7.89. The lowest BCUT2D eigenvalue weighted by molar-refractivity contribution is -0.0586. The minimum atomic E-state index is -3.45. The van der Waals surface area contributed by atoms with E-state index in [-0.39, 0.29) is 12.1 Å². The van der Waals surface area contributed by atoms with E-state index in [1.807, 2.05) is 0 Å². The molecule has 1 saturated heterocycles. The molecule has 1 aliphatic carbocycles. The van der Waals surface area contributed by atoms with Crippen LogP contribution in [0.4, 0.5) is 0 Å². The van der Waals surface area contributed by atoms with Crippen LogP contribution in [0.25, 0.3) is 0 Å². The van der Waals surface area contributed by atoms with Crippen molar-refractivity contribution >= 4 is 21.6 Å². The molecule has 0 aromatic heterocycles. The summed E-state index contributed by atoms with van der Waals surface area (Å²) >= 11 is 5.83. The van der Waals surface area contributed by atoms with Crippen molar-refractivity contribution in [2.75, 3.05) is 13.2 Å². The predicted molar refractivity (Wildman–Crippen MR) is 77.3 cm³/mol. The summed E-state index contributed by atoms with van der Waals surface area (Å²) in [7, 11) is -3.45. The van der Waals surface area contributed by atoms with E-state index in [9.17, 15) is 8.42 Å². The van der Waals surface area contributed by atoms with Crippen LogP contribution in [0.5, 0.6) is 0 Å². The van der Waals surface area contributed by atoms with E-state index in [1.165, 1.54) is 0 Å². The third-order valence-electron chi connectivity index (χ3n) is 4.10. The highest BCUT2D eigenvalue weighted by atomic mass is 35.5. The fraction of sp³-hybridized carbons (Fsp3) is 0.571. The van der Waals surface area contributed by atoms with Crippen LogP contribution in [0.1, 0.15) is 25.7 Å². The summed E-state index contributed by atoms with van der Waals surface area (Å²) in [6.45, 7) is 0.917. The molecule has 6 heteroatoms. The Morgan fingerprint density at radius 1 is 1.15 bits per heavy atom. The molecule has 20 heavy (non-hydrogen) atoms. The molecular formula is C14H18ClNO3S. The molecule has 0 bridgehead atoms. The molecule has 2 fully saturated rings. The second-order valence-electron chi connectivity index (χ2n) is 5.33. The Kier molecular flexibility index (Phi) is 4.04. The maximum Gasteiger partial charge on any atom is 0.243 e. The molecule has 1 saturated carbocycles. The van der Waals surface area contributed by atoms with Gasteiger partial charge in [-0.3, -0.25) is 0 Å². The zero-order valence-electron chi connectivity index (χ0n) is 11.2. The molecular weight excluding hydrogens is 298 g/mol. The van der Waals surface area contributed by atoms with Gasteiger partial charge in [0.25, 0.3) is 0 Å². The maximum atomic E-state index is 12.8. The monoisotopic (exact) mass is 315 g/mol. The van der Waals surface area contributed by atoms with Crippen molar-refractivity contribution in [3.63, 3.8) is 0 Å². The fourth-order valence-corrected chi connectivity index (χ4v) is 4.89. The van der Waals surface area contributed by atoms with E-state index in [2.05, 4.69) is 0 Å². The van der Waals surface area contributed by atoms with Crippen molar-refractivity contribution in [1.82, 2.24) is 4.31 Å². The van der Waals surface area contributed by atoms with Gasteiger partial charge in [-0.2, -0.15) is 4.31 Å². The number of morpholine rings is 1. The van der Waals surface area contributed by atoms with E-state index < -0.39 is 10.0 Å². The van der Waals surface area contributed by atoms with Crippen molar-refractivity contribution in [2.45, 2.75) is 42.7 Å². The smallest absolute Gasteiger partial charge is 0.243 e. The topological polar surface area (TPSA) is 46.6 Å². The number of rotatable bonds is 2. The van der Waals surface area contributed by atoms with Crippen LogP contribution in [0.3, 0.4) is 0 Å². The SMILES string of the molecule is O=S(=O)(c1ccc(Cl)cc1)N1CCO[C@@H]2CCCC[C@H]21. The van der Waals surface area contributed by atoms with Gasteiger partial charge in [0.05, 0.1) is 23.6 Å². The number of fused-ring (bicyclic) bond motifs is 1. The summed E-state index contributed by atoms with van der Waals surface area (Å²) in [5.41, 5.74) is 0. The second kappa shape index (κ2) is 5.64. The van der Waals surface area contributed by atoms with Crippen molar-refractivity contribution < 1.29 is 13.2 Å². The van der Waals surface area contributed by atoms with Crippen LogP contribution < -0.4 is 0 Å². The maximum absolute atomic E-state index is 12.8. The number of sulfonamides is 1. The molecule has 2 aliphatic rings. The van der Waals surface area contributed by atoms with Crippen molar-refractivity contribution in [3.05, 3.63) is 29.3 Å². The Morgan fingerprint density at radius 2 is 1.85 bits per heavy atom. The van der Waals surface area contributed by atoms with Crippen molar-refractivity contribution in [1.29, 1.82) is 0 Å². The Morgan fingerprint density at radius 3 is 2.60 bits per heavy atom. The molecule has 0 amide bonds. The molecule has 4 nitrogen and oxygen atoms in total. The van der Waals surface area contributed by atoms with Crippen molar-refractivity contribution in [2.24, 2.45) is 0 Å². The highest BCUT2D eigenvalue weighted by Gasteiger charge is 2.40. The summed E-state index contributed by atoms with van der Waals surface area (Å²) in [4.78, 5) is 0.313. The van der Waals surface area contributed by atoms with Gasteiger partial charge >= 0.3 is 0 Å². The molecule has 1 aromatic carbocycles. The van der Waals surface area contributed by atoms with Gasteiger partial charge < -0.3 is 4.74 Å². The van der Waals surface area contributed by atoms with Crippen molar-refractivity contribution in [3.8, 4) is 0 Å². The lowest BCUT2D eigenvalue weighted by atomic mass is 9.91. The summed E-state index contributed by atoms with van der Waals surface area (Å²) in [5.74, 6) is 0. The molecule has 1 heterocycles. The normalized spacial score (nSPS) is 28.1. The Balaban J connectivity index is 1.91. The molecule has 110 valence electrons. The van der Waals surface area contributed by atoms with Gasteiger partial charge in [-0.15, -0.1) is 0 Å². The molecule has 0 radical (unpaired) electrons. The fourth-order valence-electron chi connectivity index (χ4n) is 3.10. The number of ether oxygens (including phenoxy) is 1. The van der Waals surface area contributed by atoms with Crippen LogP contribution in [0, 0.1) is 0 Å². The number of hydrogen-bond donors (Lipinski definition) is 0. The average molecular weight is 316 g/mol. The average Bonchev–Trinajstić information content (AvgIpc) is 2.47. The zero-order valence-corrected chi connectivity index (χ0v) is 12.7. The van der Waals surface area contributed by atoms with E-state index in [0.29, 0.717) is 23.1 Å². The van der Waals surface area contributed by atoms with Crippen LogP contribution >= 0.6 is 11.6 Å². The van der Waals surface area contributed by atoms with E-state index in [4.69, 9.17) is 16.3 Å². The van der Waals surface area contributed by atoms with Gasteiger partial charge in [-0.25, -0.2) is 8.42 Å². The molecule has 1 aliphatic heterocycles. The van der Waals surface area contributed by atoms with E-state index >= 15 is 0 Å². The number of benzene rings is 1. The van der Waals surface area contributed by atoms with Gasteiger partial charge in [0, 0.05) is 11.6 Å². The Bertz CT molecular complexity index is 571. The van der Waals surface area contributed by atoms with Gasteiger partial charge in [-0.05, 0) is 37.1 Å². The Labute approximate surface area is 124 Å². The third kappa shape index (κ3) is 2.60. The standard InChI is InChI=1S/C14H18ClNO3S/c15-11-5-7-12(8-6-11)20(17,18)16-9-10-19-14-4-2-1-3-13(14)16/h5-8,13-14H,1-4,9-10H2/t13-,14-/m1/s1. The zero-order chi connectivity index (χ0) is 14.2. The third-order valence-corrected chi connectivity index (χ3v) is 6.29. The minimum Gasteiger partial charge on any atom is -0.375 e. The van der Waals surface area contributed by atoms with Gasteiger partial charge in [0.15, 0.2) is 0 Å². The van der Waals surface area contributed by atoms with Gasteiger partial charge in [0.1, 0.15) is 0 Å². The van der Waals surface area contributed by atoms with Crippen LogP contribution in [0.15, 0.2) is 29.2 Å². The quantitative estimate of drug-likeness (QED) is 0.843. The molecule has 2 atom stereocenters. The van der Waals surface area contributed by atoms with Gasteiger partial charge in [0.2, 0.25) is 10.0 Å². The summed E-state index contributed by atoms with van der Waals surface area (Å²) < 4.78 is 32.9. The summed E-state index contributed by atoms with van der Waals surface area (Å²) in [5, 5.41) is 0.543. The molecule has 0 spiro atoms. The molecule has 3 rings (SSSR count). The number of nitrogens with zero attached hydrogens (tertiary/aromatic N) is 1. The summed E-state index contributed by atoms with van der Waals surface area (Å²) in [6.07, 6.45) is 4.08. The Hall–Kier alpha value is -0.620. The van der Waals surface area contributed by atoms with Crippen LogP contribution in [-0.2, 0) is 14.8 Å². The number of halogens is 1. The first-order valence-corrected chi connectivity index (χ1v) is 8.80. The summed E-state index contributed by atoms with van der Waals surface area (Å²) in [6, 6.07) is 6.37. The van der Waals surface area contributed by atoms with Crippen LogP contribution in [0.2, 0.25) is 5.02 Å². The van der Waals surface area contributed by atoms with Gasteiger partial charge in [-0.1, -0.05) is 24.4 Å². The molecule has 0 unspecified atom stereocenters. The first-order valence-electron chi connectivity index (χ1n) is 6.98. The van der Waals surface area contributed by atoms with E-state index in [0.717, 1.165) is 25.7 Å².